The average Bonchev–Trinajstić information content (AvgIpc) is 3.06. The van der Waals surface area contributed by atoms with E-state index >= 15 is 0 Å². The summed E-state index contributed by atoms with van der Waals surface area (Å²) >= 11 is 0. The monoisotopic (exact) mass is 344 g/mol. The number of nitrogens with one attached hydrogen (secondary N) is 1. The van der Waals surface area contributed by atoms with Gasteiger partial charge in [0, 0.05) is 6.54 Å². The van der Waals surface area contributed by atoms with Crippen LogP contribution in [0, 0.1) is 11.6 Å². The fourth-order valence-corrected chi connectivity index (χ4v) is 2.18. The van der Waals surface area contributed by atoms with E-state index in [2.05, 4.69) is 15.5 Å². The highest BCUT2D eigenvalue weighted by atomic mass is 19.1. The van der Waals surface area contributed by atoms with Crippen molar-refractivity contribution < 1.29 is 18.7 Å². The Morgan fingerprint density at radius 1 is 1.00 bits per heavy atom. The third kappa shape index (κ3) is 3.86. The molecule has 1 heterocycles. The first-order chi connectivity index (χ1) is 12.1. The van der Waals surface area contributed by atoms with Crippen LogP contribution >= 0.6 is 0 Å². The molecule has 3 aromatic rings. The molecule has 1 amide bonds. The molecule has 3 rings (SSSR count). The molecule has 0 unspecified atom stereocenters. The van der Waals surface area contributed by atoms with Gasteiger partial charge < -0.3 is 10.4 Å². The maximum atomic E-state index is 13.0. The maximum absolute atomic E-state index is 13.0. The van der Waals surface area contributed by atoms with Crippen LogP contribution in [0.3, 0.4) is 0 Å². The highest BCUT2D eigenvalue weighted by Crippen LogP contribution is 2.11. The summed E-state index contributed by atoms with van der Waals surface area (Å²) in [6, 6.07) is 11.1. The second kappa shape index (κ2) is 7.18. The number of aliphatic hydroxyl groups excluding tert-OH is 1. The third-order valence-electron chi connectivity index (χ3n) is 3.47. The van der Waals surface area contributed by atoms with Gasteiger partial charge in [0.2, 0.25) is 0 Å². The van der Waals surface area contributed by atoms with E-state index in [1.54, 1.807) is 12.1 Å². The minimum atomic E-state index is -0.526. The summed E-state index contributed by atoms with van der Waals surface area (Å²) in [4.78, 5) is 13.4. The van der Waals surface area contributed by atoms with Crippen molar-refractivity contribution in [1.82, 2.24) is 20.3 Å². The average molecular weight is 344 g/mol. The van der Waals surface area contributed by atoms with Crippen molar-refractivity contribution in [3.8, 4) is 5.69 Å². The van der Waals surface area contributed by atoms with Crippen molar-refractivity contribution >= 4 is 5.91 Å². The molecule has 0 aliphatic carbocycles. The minimum absolute atomic E-state index is 0.0334. The van der Waals surface area contributed by atoms with E-state index in [0.717, 1.165) is 4.80 Å². The van der Waals surface area contributed by atoms with Crippen molar-refractivity contribution in [2.75, 3.05) is 0 Å². The largest absolute Gasteiger partial charge is 0.390 e. The normalized spacial score (nSPS) is 10.7. The van der Waals surface area contributed by atoms with E-state index in [1.165, 1.54) is 36.4 Å². The lowest BCUT2D eigenvalue weighted by molar-refractivity contribution is 0.0942. The number of halogens is 2. The molecule has 2 N–H and O–H groups in total. The number of carbonyl (C=O) groups is 1. The van der Waals surface area contributed by atoms with Gasteiger partial charge >= 0.3 is 0 Å². The van der Waals surface area contributed by atoms with Gasteiger partial charge in [-0.2, -0.15) is 4.80 Å². The molecular formula is C17H14F2N4O2. The SMILES string of the molecule is O=C(NCc1ccc(F)cc1)c1nn(-c2ccc(F)cc2)nc1CO. The summed E-state index contributed by atoms with van der Waals surface area (Å²) in [6.45, 7) is -0.298. The number of rotatable bonds is 5. The van der Waals surface area contributed by atoms with Crippen molar-refractivity contribution in [3.05, 3.63) is 77.1 Å². The number of carbonyl (C=O) groups excluding carboxylic acids is 1. The van der Waals surface area contributed by atoms with Gasteiger partial charge in [-0.05, 0) is 42.0 Å². The Morgan fingerprint density at radius 3 is 2.20 bits per heavy atom. The zero-order valence-electron chi connectivity index (χ0n) is 13.0. The number of hydrogen-bond acceptors (Lipinski definition) is 4. The Labute approximate surface area is 141 Å². The van der Waals surface area contributed by atoms with Gasteiger partial charge in [-0.3, -0.25) is 4.79 Å². The van der Waals surface area contributed by atoms with E-state index < -0.39 is 18.3 Å². The zero-order valence-corrected chi connectivity index (χ0v) is 13.0. The van der Waals surface area contributed by atoms with Crippen LogP contribution in [0.5, 0.6) is 0 Å². The van der Waals surface area contributed by atoms with Crippen LogP contribution in [0.4, 0.5) is 8.78 Å². The van der Waals surface area contributed by atoms with Crippen LogP contribution in [-0.4, -0.2) is 26.0 Å². The summed E-state index contributed by atoms with van der Waals surface area (Å²) < 4.78 is 25.9. The Kier molecular flexibility index (Phi) is 4.80. The molecule has 0 spiro atoms. The number of nitrogens with zero attached hydrogens (tertiary/aromatic N) is 3. The van der Waals surface area contributed by atoms with Gasteiger partial charge in [0.05, 0.1) is 12.3 Å². The number of aromatic nitrogens is 3. The Hall–Kier alpha value is -3.13. The standard InChI is InChI=1S/C17H14F2N4O2/c18-12-3-1-11(2-4-12)9-20-17(25)16-15(10-24)21-23(22-16)14-7-5-13(19)6-8-14/h1-8,24H,9-10H2,(H,20,25). The van der Waals surface area contributed by atoms with E-state index in [9.17, 15) is 18.7 Å². The van der Waals surface area contributed by atoms with Gasteiger partial charge in [0.25, 0.3) is 5.91 Å². The first-order valence-electron chi connectivity index (χ1n) is 7.42. The second-order valence-electron chi connectivity index (χ2n) is 5.23. The molecule has 2 aromatic carbocycles. The van der Waals surface area contributed by atoms with E-state index in [-0.39, 0.29) is 23.7 Å². The first-order valence-corrected chi connectivity index (χ1v) is 7.42. The van der Waals surface area contributed by atoms with E-state index in [4.69, 9.17) is 0 Å². The van der Waals surface area contributed by atoms with Crippen LogP contribution in [-0.2, 0) is 13.2 Å². The maximum Gasteiger partial charge on any atom is 0.274 e. The molecule has 0 bridgehead atoms. The predicted molar refractivity (Wildman–Crippen MR) is 84.8 cm³/mol. The molecule has 0 fully saturated rings. The van der Waals surface area contributed by atoms with Crippen molar-refractivity contribution in [2.45, 2.75) is 13.2 Å². The summed E-state index contributed by atoms with van der Waals surface area (Å²) in [5.41, 5.74) is 1.23. The van der Waals surface area contributed by atoms with Gasteiger partial charge in [0.1, 0.15) is 17.3 Å². The summed E-state index contributed by atoms with van der Waals surface area (Å²) in [5.74, 6) is -1.29. The summed E-state index contributed by atoms with van der Waals surface area (Å²) in [7, 11) is 0. The van der Waals surface area contributed by atoms with Crippen LogP contribution in [0.15, 0.2) is 48.5 Å². The first kappa shape index (κ1) is 16.7. The lowest BCUT2D eigenvalue weighted by atomic mass is 10.2. The fourth-order valence-electron chi connectivity index (χ4n) is 2.18. The van der Waals surface area contributed by atoms with Gasteiger partial charge in [-0.25, -0.2) is 8.78 Å². The zero-order chi connectivity index (χ0) is 17.8. The smallest absolute Gasteiger partial charge is 0.274 e. The lowest BCUT2D eigenvalue weighted by Crippen LogP contribution is -2.24. The topological polar surface area (TPSA) is 80.0 Å². The molecular weight excluding hydrogens is 330 g/mol. The van der Waals surface area contributed by atoms with Crippen molar-refractivity contribution in [3.63, 3.8) is 0 Å². The van der Waals surface area contributed by atoms with Crippen molar-refractivity contribution in [1.29, 1.82) is 0 Å². The summed E-state index contributed by atoms with van der Waals surface area (Å²) in [5, 5.41) is 20.1. The lowest BCUT2D eigenvalue weighted by Gasteiger charge is -2.04. The van der Waals surface area contributed by atoms with Crippen LogP contribution in [0.1, 0.15) is 21.7 Å². The molecule has 0 saturated carbocycles. The Morgan fingerprint density at radius 2 is 1.60 bits per heavy atom. The number of hydrogen-bond donors (Lipinski definition) is 2. The molecule has 0 atom stereocenters. The molecule has 0 aliphatic heterocycles. The molecule has 1 aromatic heterocycles. The fraction of sp³-hybridized carbons (Fsp3) is 0.118. The molecule has 25 heavy (non-hydrogen) atoms. The minimum Gasteiger partial charge on any atom is -0.390 e. The Balaban J connectivity index is 1.77. The molecule has 6 nitrogen and oxygen atoms in total. The van der Waals surface area contributed by atoms with Crippen molar-refractivity contribution in [2.24, 2.45) is 0 Å². The highest BCUT2D eigenvalue weighted by Gasteiger charge is 2.18. The Bertz CT molecular complexity index is 877. The van der Waals surface area contributed by atoms with Crippen LogP contribution in [0.2, 0.25) is 0 Å². The highest BCUT2D eigenvalue weighted by molar-refractivity contribution is 5.93. The molecule has 0 radical (unpaired) electrons. The third-order valence-corrected chi connectivity index (χ3v) is 3.47. The number of benzene rings is 2. The molecule has 0 saturated heterocycles. The van der Waals surface area contributed by atoms with Gasteiger partial charge in [-0.1, -0.05) is 12.1 Å². The van der Waals surface area contributed by atoms with Crippen LogP contribution < -0.4 is 5.32 Å². The predicted octanol–water partition coefficient (Wildman–Crippen LogP) is 1.97. The molecule has 128 valence electrons. The number of amides is 1. The van der Waals surface area contributed by atoms with E-state index in [1.807, 2.05) is 0 Å². The van der Waals surface area contributed by atoms with Gasteiger partial charge in [-0.15, -0.1) is 10.2 Å². The quantitative estimate of drug-likeness (QED) is 0.742. The number of aliphatic hydroxyl groups is 1. The molecule has 8 heteroatoms. The summed E-state index contributed by atoms with van der Waals surface area (Å²) in [6.07, 6.45) is 0. The second-order valence-corrected chi connectivity index (χ2v) is 5.23. The molecule has 0 aliphatic rings. The van der Waals surface area contributed by atoms with E-state index in [0.29, 0.717) is 11.3 Å². The van der Waals surface area contributed by atoms with Gasteiger partial charge in [0.15, 0.2) is 5.69 Å². The van der Waals surface area contributed by atoms with Crippen LogP contribution in [0.25, 0.3) is 5.69 Å².